The first-order valence-corrected chi connectivity index (χ1v) is 6.39. The third-order valence-corrected chi connectivity index (χ3v) is 2.81. The van der Waals surface area contributed by atoms with E-state index in [9.17, 15) is 4.79 Å². The van der Waals surface area contributed by atoms with Gasteiger partial charge < -0.3 is 14.6 Å². The summed E-state index contributed by atoms with van der Waals surface area (Å²) in [6.07, 6.45) is 2.41. The molecule has 0 aliphatic rings. The van der Waals surface area contributed by atoms with Crippen LogP contribution in [0.2, 0.25) is 0 Å². The van der Waals surface area contributed by atoms with Crippen molar-refractivity contribution in [2.75, 3.05) is 20.3 Å². The lowest BCUT2D eigenvalue weighted by atomic mass is 10.1. The Morgan fingerprint density at radius 1 is 1.45 bits per heavy atom. The fraction of sp³-hybridized carbons (Fsp3) is 0.357. The van der Waals surface area contributed by atoms with E-state index in [4.69, 9.17) is 9.26 Å². The van der Waals surface area contributed by atoms with Crippen LogP contribution in [0.3, 0.4) is 0 Å². The maximum atomic E-state index is 12.2. The summed E-state index contributed by atoms with van der Waals surface area (Å²) in [4.78, 5) is 16.4. The molecule has 0 saturated heterocycles. The van der Waals surface area contributed by atoms with Crippen molar-refractivity contribution in [2.45, 2.75) is 13.3 Å². The van der Waals surface area contributed by atoms with Crippen LogP contribution in [-0.2, 0) is 4.74 Å². The first-order valence-electron chi connectivity index (χ1n) is 6.39. The summed E-state index contributed by atoms with van der Waals surface area (Å²) >= 11 is 0. The average Bonchev–Trinajstić information content (AvgIpc) is 2.86. The fourth-order valence-corrected chi connectivity index (χ4v) is 1.82. The number of rotatable bonds is 6. The number of carbonyl (C=O) groups is 1. The fourth-order valence-electron chi connectivity index (χ4n) is 1.82. The van der Waals surface area contributed by atoms with Crippen LogP contribution in [0, 0.1) is 6.92 Å². The zero-order valence-corrected chi connectivity index (χ0v) is 11.5. The summed E-state index contributed by atoms with van der Waals surface area (Å²) in [7, 11) is 1.63. The number of pyridine rings is 1. The van der Waals surface area contributed by atoms with Crippen LogP contribution in [0.25, 0.3) is 11.4 Å². The third-order valence-electron chi connectivity index (χ3n) is 2.81. The van der Waals surface area contributed by atoms with Gasteiger partial charge in [-0.05, 0) is 25.5 Å². The largest absolute Gasteiger partial charge is 0.385 e. The van der Waals surface area contributed by atoms with E-state index in [1.54, 1.807) is 32.4 Å². The maximum absolute atomic E-state index is 12.2. The summed E-state index contributed by atoms with van der Waals surface area (Å²) in [5.41, 5.74) is 1.51. The highest BCUT2D eigenvalue weighted by Gasteiger charge is 2.21. The van der Waals surface area contributed by atoms with Crippen molar-refractivity contribution >= 4 is 5.91 Å². The minimum atomic E-state index is -0.208. The highest BCUT2D eigenvalue weighted by Crippen LogP contribution is 2.23. The smallest absolute Gasteiger partial charge is 0.257 e. The lowest BCUT2D eigenvalue weighted by Gasteiger charge is -2.05. The van der Waals surface area contributed by atoms with Gasteiger partial charge in [0.15, 0.2) is 0 Å². The topological polar surface area (TPSA) is 77.2 Å². The molecular formula is C14H17N3O3. The maximum Gasteiger partial charge on any atom is 0.257 e. The second kappa shape index (κ2) is 6.81. The number of aryl methyl sites for hydroxylation is 1. The molecule has 2 heterocycles. The molecule has 2 rings (SSSR count). The Morgan fingerprint density at radius 3 is 3.00 bits per heavy atom. The van der Waals surface area contributed by atoms with Crippen LogP contribution < -0.4 is 5.32 Å². The molecule has 0 bridgehead atoms. The monoisotopic (exact) mass is 275 g/mol. The summed E-state index contributed by atoms with van der Waals surface area (Å²) in [6, 6.07) is 5.44. The predicted octanol–water partition coefficient (Wildman–Crippen LogP) is 1.81. The van der Waals surface area contributed by atoms with Gasteiger partial charge in [-0.15, -0.1) is 0 Å². The van der Waals surface area contributed by atoms with Gasteiger partial charge in [-0.25, -0.2) is 0 Å². The number of carbonyl (C=O) groups excluding carboxylic acids is 1. The summed E-state index contributed by atoms with van der Waals surface area (Å²) in [5, 5.41) is 6.75. The van der Waals surface area contributed by atoms with Crippen molar-refractivity contribution in [1.82, 2.24) is 15.5 Å². The van der Waals surface area contributed by atoms with Crippen molar-refractivity contribution in [3.63, 3.8) is 0 Å². The molecule has 0 spiro atoms. The molecule has 0 radical (unpaired) electrons. The summed E-state index contributed by atoms with van der Waals surface area (Å²) < 4.78 is 10.1. The number of amides is 1. The molecule has 1 amide bonds. The number of methoxy groups -OCH3 is 1. The Morgan fingerprint density at radius 2 is 2.30 bits per heavy atom. The van der Waals surface area contributed by atoms with E-state index in [1.165, 1.54) is 0 Å². The first-order chi connectivity index (χ1) is 9.74. The van der Waals surface area contributed by atoms with Gasteiger partial charge in [-0.2, -0.15) is 0 Å². The molecule has 0 atom stereocenters. The highest BCUT2D eigenvalue weighted by molar-refractivity contribution is 6.00. The molecular weight excluding hydrogens is 258 g/mol. The molecule has 2 aromatic heterocycles. The molecule has 0 aliphatic carbocycles. The molecule has 106 valence electrons. The molecule has 1 N–H and O–H groups in total. The number of hydrogen-bond acceptors (Lipinski definition) is 5. The van der Waals surface area contributed by atoms with E-state index in [2.05, 4.69) is 15.5 Å². The number of ether oxygens (including phenoxy) is 1. The Bertz CT molecular complexity index is 566. The SMILES string of the molecule is COCCCNC(=O)c1c(-c2ccccn2)noc1C. The van der Waals surface area contributed by atoms with Gasteiger partial charge in [0.25, 0.3) is 5.91 Å². The minimum absolute atomic E-state index is 0.208. The standard InChI is InChI=1S/C14H17N3O3/c1-10-12(14(18)16-8-5-9-19-2)13(17-20-10)11-6-3-4-7-15-11/h3-4,6-7H,5,8-9H2,1-2H3,(H,16,18). The number of aromatic nitrogens is 2. The summed E-state index contributed by atoms with van der Waals surface area (Å²) in [5.74, 6) is 0.274. The summed E-state index contributed by atoms with van der Waals surface area (Å²) in [6.45, 7) is 2.86. The van der Waals surface area contributed by atoms with Gasteiger partial charge in [0, 0.05) is 26.5 Å². The van der Waals surface area contributed by atoms with Crippen molar-refractivity contribution < 1.29 is 14.1 Å². The molecule has 0 fully saturated rings. The molecule has 0 saturated carbocycles. The van der Waals surface area contributed by atoms with Crippen molar-refractivity contribution in [3.8, 4) is 11.4 Å². The van der Waals surface area contributed by atoms with E-state index < -0.39 is 0 Å². The van der Waals surface area contributed by atoms with Crippen LogP contribution in [0.1, 0.15) is 22.5 Å². The Balaban J connectivity index is 2.15. The number of nitrogens with zero attached hydrogens (tertiary/aromatic N) is 2. The van der Waals surface area contributed by atoms with Gasteiger partial charge in [-0.1, -0.05) is 11.2 Å². The van der Waals surface area contributed by atoms with Crippen molar-refractivity contribution in [3.05, 3.63) is 35.7 Å². The van der Waals surface area contributed by atoms with E-state index in [0.29, 0.717) is 35.9 Å². The van der Waals surface area contributed by atoms with Gasteiger partial charge in [-0.3, -0.25) is 9.78 Å². The third kappa shape index (κ3) is 3.21. The number of hydrogen-bond donors (Lipinski definition) is 1. The Kier molecular flexibility index (Phi) is 4.84. The van der Waals surface area contributed by atoms with E-state index >= 15 is 0 Å². The van der Waals surface area contributed by atoms with Crippen molar-refractivity contribution in [1.29, 1.82) is 0 Å². The highest BCUT2D eigenvalue weighted by atomic mass is 16.5. The van der Waals surface area contributed by atoms with Crippen LogP contribution in [0.15, 0.2) is 28.9 Å². The second-order valence-corrected chi connectivity index (χ2v) is 4.28. The molecule has 0 unspecified atom stereocenters. The quantitative estimate of drug-likeness (QED) is 0.813. The van der Waals surface area contributed by atoms with Gasteiger partial charge >= 0.3 is 0 Å². The Labute approximate surface area is 117 Å². The number of nitrogens with one attached hydrogen (secondary N) is 1. The molecule has 0 aromatic carbocycles. The first kappa shape index (κ1) is 14.2. The van der Waals surface area contributed by atoms with Crippen LogP contribution in [0.4, 0.5) is 0 Å². The van der Waals surface area contributed by atoms with Crippen LogP contribution >= 0.6 is 0 Å². The van der Waals surface area contributed by atoms with Crippen molar-refractivity contribution in [2.24, 2.45) is 0 Å². The van der Waals surface area contributed by atoms with E-state index in [0.717, 1.165) is 6.42 Å². The predicted molar refractivity (Wildman–Crippen MR) is 73.3 cm³/mol. The van der Waals surface area contributed by atoms with Gasteiger partial charge in [0.05, 0.1) is 5.69 Å². The zero-order valence-electron chi connectivity index (χ0n) is 11.5. The molecule has 6 nitrogen and oxygen atoms in total. The minimum Gasteiger partial charge on any atom is -0.385 e. The van der Waals surface area contributed by atoms with Gasteiger partial charge in [0.1, 0.15) is 17.0 Å². The molecule has 20 heavy (non-hydrogen) atoms. The van der Waals surface area contributed by atoms with E-state index in [-0.39, 0.29) is 5.91 Å². The molecule has 6 heteroatoms. The lowest BCUT2D eigenvalue weighted by molar-refractivity contribution is 0.0947. The Hall–Kier alpha value is -2.21. The van der Waals surface area contributed by atoms with Gasteiger partial charge in [0.2, 0.25) is 0 Å². The molecule has 2 aromatic rings. The van der Waals surface area contributed by atoms with Crippen LogP contribution in [-0.4, -0.2) is 36.3 Å². The van der Waals surface area contributed by atoms with E-state index in [1.807, 2.05) is 6.07 Å². The van der Waals surface area contributed by atoms with Crippen LogP contribution in [0.5, 0.6) is 0 Å². The lowest BCUT2D eigenvalue weighted by Crippen LogP contribution is -2.26. The average molecular weight is 275 g/mol. The zero-order chi connectivity index (χ0) is 14.4. The molecule has 0 aliphatic heterocycles. The normalized spacial score (nSPS) is 10.5. The second-order valence-electron chi connectivity index (χ2n) is 4.28.